The number of carboxylic acid groups (broad SMARTS) is 1. The van der Waals surface area contributed by atoms with Gasteiger partial charge in [0.05, 0.1) is 12.5 Å². The molecule has 4 nitrogen and oxygen atoms in total. The predicted molar refractivity (Wildman–Crippen MR) is 48.7 cm³/mol. The van der Waals surface area contributed by atoms with E-state index in [1.165, 1.54) is 0 Å². The van der Waals surface area contributed by atoms with Crippen LogP contribution in [0, 0.1) is 5.92 Å². The van der Waals surface area contributed by atoms with Crippen molar-refractivity contribution in [2.45, 2.75) is 19.4 Å². The number of rotatable bonds is 4. The summed E-state index contributed by atoms with van der Waals surface area (Å²) in [6.45, 7) is 3.87. The van der Waals surface area contributed by atoms with Gasteiger partial charge in [-0.2, -0.15) is 0 Å². The molecule has 1 fully saturated rings. The van der Waals surface area contributed by atoms with Crippen LogP contribution in [0.5, 0.6) is 0 Å². The summed E-state index contributed by atoms with van der Waals surface area (Å²) in [6.07, 6.45) is 1.02. The molecule has 76 valence electrons. The van der Waals surface area contributed by atoms with Gasteiger partial charge in [-0.05, 0) is 13.5 Å². The Labute approximate surface area is 78.5 Å². The Bertz CT molecular complexity index is 178. The van der Waals surface area contributed by atoms with E-state index in [9.17, 15) is 4.79 Å². The van der Waals surface area contributed by atoms with Crippen molar-refractivity contribution in [3.8, 4) is 0 Å². The lowest BCUT2D eigenvalue weighted by Crippen LogP contribution is -2.37. The molecule has 2 unspecified atom stereocenters. The van der Waals surface area contributed by atoms with Gasteiger partial charge in [-0.3, -0.25) is 4.79 Å². The molecule has 0 aliphatic carbocycles. The van der Waals surface area contributed by atoms with Gasteiger partial charge < -0.3 is 14.7 Å². The van der Waals surface area contributed by atoms with E-state index in [4.69, 9.17) is 9.84 Å². The Morgan fingerprint density at radius 2 is 2.46 bits per heavy atom. The highest BCUT2D eigenvalue weighted by Crippen LogP contribution is 2.12. The van der Waals surface area contributed by atoms with E-state index in [0.29, 0.717) is 12.6 Å². The van der Waals surface area contributed by atoms with Gasteiger partial charge >= 0.3 is 5.97 Å². The number of nitrogens with zero attached hydrogens (tertiary/aromatic N) is 1. The van der Waals surface area contributed by atoms with E-state index in [1.54, 1.807) is 6.92 Å². The van der Waals surface area contributed by atoms with Crippen LogP contribution in [0.4, 0.5) is 0 Å². The number of carbonyl (C=O) groups is 1. The zero-order valence-corrected chi connectivity index (χ0v) is 8.19. The first-order valence-corrected chi connectivity index (χ1v) is 4.62. The van der Waals surface area contributed by atoms with Crippen LogP contribution in [0.2, 0.25) is 0 Å². The fourth-order valence-corrected chi connectivity index (χ4v) is 1.53. The molecule has 1 aliphatic heterocycles. The molecule has 0 amide bonds. The van der Waals surface area contributed by atoms with Gasteiger partial charge in [0.15, 0.2) is 0 Å². The summed E-state index contributed by atoms with van der Waals surface area (Å²) in [5.41, 5.74) is 0. The quantitative estimate of drug-likeness (QED) is 0.693. The summed E-state index contributed by atoms with van der Waals surface area (Å²) in [5.74, 6) is -1.03. The average molecular weight is 187 g/mol. The lowest BCUT2D eigenvalue weighted by molar-refractivity contribution is -0.141. The number of hydrogen-bond acceptors (Lipinski definition) is 3. The van der Waals surface area contributed by atoms with Gasteiger partial charge in [0.25, 0.3) is 0 Å². The van der Waals surface area contributed by atoms with E-state index in [-0.39, 0.29) is 5.92 Å². The maximum atomic E-state index is 10.6. The topological polar surface area (TPSA) is 49.8 Å². The number of hydrogen-bond donors (Lipinski definition) is 1. The second-order valence-electron chi connectivity index (χ2n) is 3.70. The van der Waals surface area contributed by atoms with Crippen LogP contribution in [-0.2, 0) is 9.53 Å². The molecule has 13 heavy (non-hydrogen) atoms. The minimum atomic E-state index is -0.731. The van der Waals surface area contributed by atoms with Gasteiger partial charge in [-0.15, -0.1) is 0 Å². The second-order valence-corrected chi connectivity index (χ2v) is 3.70. The summed E-state index contributed by atoms with van der Waals surface area (Å²) >= 11 is 0. The SMILES string of the molecule is CC(CN(C)C1CCOC1)C(=O)O. The number of likely N-dealkylation sites (N-methyl/N-ethyl adjacent to an activating group) is 1. The minimum absolute atomic E-state index is 0.300. The third-order valence-electron chi connectivity index (χ3n) is 2.51. The van der Waals surface area contributed by atoms with Gasteiger partial charge in [-0.25, -0.2) is 0 Å². The van der Waals surface area contributed by atoms with E-state index in [1.807, 2.05) is 7.05 Å². The molecule has 2 atom stereocenters. The molecule has 0 aromatic rings. The minimum Gasteiger partial charge on any atom is -0.481 e. The molecular formula is C9H17NO3. The van der Waals surface area contributed by atoms with Crippen LogP contribution in [0.3, 0.4) is 0 Å². The maximum absolute atomic E-state index is 10.6. The van der Waals surface area contributed by atoms with Crippen molar-refractivity contribution in [3.05, 3.63) is 0 Å². The average Bonchev–Trinajstić information content (AvgIpc) is 2.55. The largest absolute Gasteiger partial charge is 0.481 e. The van der Waals surface area contributed by atoms with Crippen molar-refractivity contribution >= 4 is 5.97 Å². The zero-order valence-electron chi connectivity index (χ0n) is 8.19. The standard InChI is InChI=1S/C9H17NO3/c1-7(9(11)12)5-10(2)8-3-4-13-6-8/h7-8H,3-6H2,1-2H3,(H,11,12). The fraction of sp³-hybridized carbons (Fsp3) is 0.889. The van der Waals surface area contributed by atoms with Gasteiger partial charge in [0.1, 0.15) is 0 Å². The van der Waals surface area contributed by atoms with Crippen molar-refractivity contribution in [2.75, 3.05) is 26.8 Å². The first kappa shape index (κ1) is 10.5. The first-order chi connectivity index (χ1) is 6.11. The highest BCUT2D eigenvalue weighted by atomic mass is 16.5. The molecule has 1 N–H and O–H groups in total. The monoisotopic (exact) mass is 187 g/mol. The van der Waals surface area contributed by atoms with Crippen molar-refractivity contribution in [1.82, 2.24) is 4.90 Å². The maximum Gasteiger partial charge on any atom is 0.307 e. The van der Waals surface area contributed by atoms with Crippen molar-refractivity contribution in [1.29, 1.82) is 0 Å². The van der Waals surface area contributed by atoms with Crippen molar-refractivity contribution in [2.24, 2.45) is 5.92 Å². The Morgan fingerprint density at radius 1 is 1.77 bits per heavy atom. The van der Waals surface area contributed by atoms with E-state index in [2.05, 4.69) is 4.90 Å². The number of aliphatic carboxylic acids is 1. The third-order valence-corrected chi connectivity index (χ3v) is 2.51. The lowest BCUT2D eigenvalue weighted by Gasteiger charge is -2.24. The molecule has 1 saturated heterocycles. The van der Waals surface area contributed by atoms with Gasteiger partial charge in [-0.1, -0.05) is 6.92 Å². The van der Waals surface area contributed by atoms with Crippen LogP contribution >= 0.6 is 0 Å². The zero-order chi connectivity index (χ0) is 9.84. The summed E-state index contributed by atoms with van der Waals surface area (Å²) in [5, 5.41) is 8.72. The molecule has 1 rings (SSSR count). The van der Waals surface area contributed by atoms with Crippen molar-refractivity contribution < 1.29 is 14.6 Å². The molecule has 0 aromatic heterocycles. The molecule has 0 saturated carbocycles. The van der Waals surface area contributed by atoms with Crippen LogP contribution in [0.1, 0.15) is 13.3 Å². The summed E-state index contributed by atoms with van der Waals surface area (Å²) in [7, 11) is 1.96. The van der Waals surface area contributed by atoms with E-state index in [0.717, 1.165) is 19.6 Å². The molecule has 4 heteroatoms. The number of ether oxygens (including phenoxy) is 1. The Hall–Kier alpha value is -0.610. The van der Waals surface area contributed by atoms with Gasteiger partial charge in [0.2, 0.25) is 0 Å². The fourth-order valence-electron chi connectivity index (χ4n) is 1.53. The number of carboxylic acids is 1. The Balaban J connectivity index is 2.30. The second kappa shape index (κ2) is 4.58. The van der Waals surface area contributed by atoms with Crippen LogP contribution in [0.25, 0.3) is 0 Å². The van der Waals surface area contributed by atoms with Crippen LogP contribution in [0.15, 0.2) is 0 Å². The predicted octanol–water partition coefficient (Wildman–Crippen LogP) is 0.428. The normalized spacial score (nSPS) is 25.0. The molecule has 1 aliphatic rings. The molecule has 1 heterocycles. The van der Waals surface area contributed by atoms with Crippen LogP contribution in [-0.4, -0.2) is 48.8 Å². The van der Waals surface area contributed by atoms with E-state index < -0.39 is 5.97 Å². The van der Waals surface area contributed by atoms with Crippen LogP contribution < -0.4 is 0 Å². The molecule has 0 spiro atoms. The third kappa shape index (κ3) is 2.97. The molecule has 0 radical (unpaired) electrons. The Kier molecular flexibility index (Phi) is 3.69. The molecule has 0 bridgehead atoms. The highest BCUT2D eigenvalue weighted by molar-refractivity contribution is 5.69. The highest BCUT2D eigenvalue weighted by Gasteiger charge is 2.23. The summed E-state index contributed by atoms with van der Waals surface area (Å²) < 4.78 is 5.23. The molecule has 0 aromatic carbocycles. The molecular weight excluding hydrogens is 170 g/mol. The summed E-state index contributed by atoms with van der Waals surface area (Å²) in [6, 6.07) is 0.404. The summed E-state index contributed by atoms with van der Waals surface area (Å²) in [4.78, 5) is 12.7. The first-order valence-electron chi connectivity index (χ1n) is 4.62. The smallest absolute Gasteiger partial charge is 0.307 e. The van der Waals surface area contributed by atoms with Gasteiger partial charge in [0, 0.05) is 19.2 Å². The Morgan fingerprint density at radius 3 is 2.92 bits per heavy atom. The lowest BCUT2D eigenvalue weighted by atomic mass is 10.1. The van der Waals surface area contributed by atoms with E-state index >= 15 is 0 Å². The van der Waals surface area contributed by atoms with Crippen molar-refractivity contribution in [3.63, 3.8) is 0 Å².